The molecule has 27 heavy (non-hydrogen) atoms. The maximum Gasteiger partial charge on any atom is 0.658 e. The highest BCUT2D eigenvalue weighted by molar-refractivity contribution is 6.20. The molecule has 0 aliphatic rings. The third kappa shape index (κ3) is 6.69. The van der Waals surface area contributed by atoms with Gasteiger partial charge < -0.3 is 18.8 Å². The van der Waals surface area contributed by atoms with Crippen molar-refractivity contribution in [2.24, 2.45) is 0 Å². The van der Waals surface area contributed by atoms with E-state index in [-0.39, 0.29) is 12.2 Å². The van der Waals surface area contributed by atoms with Crippen molar-refractivity contribution >= 4 is 19.6 Å². The van der Waals surface area contributed by atoms with Crippen LogP contribution in [0.15, 0.2) is 48.5 Å². The molecular weight excluding hydrogens is 347 g/mol. The Bertz CT molecular complexity index is 722. The summed E-state index contributed by atoms with van der Waals surface area (Å²) in [5, 5.41) is 0. The first kappa shape index (κ1) is 20.4. The predicted octanol–water partition coefficient (Wildman–Crippen LogP) is 3.81. The lowest BCUT2D eigenvalue weighted by Gasteiger charge is -2.11. The minimum atomic E-state index is -0.423. The van der Waals surface area contributed by atoms with Crippen LogP contribution >= 0.6 is 0 Å². The second-order valence-corrected chi connectivity index (χ2v) is 6.30. The smallest absolute Gasteiger partial charge is 0.526 e. The van der Waals surface area contributed by atoms with Crippen LogP contribution in [0.5, 0.6) is 11.5 Å². The fourth-order valence-corrected chi connectivity index (χ4v) is 2.09. The van der Waals surface area contributed by atoms with E-state index in [1.165, 1.54) is 0 Å². The maximum atomic E-state index is 11.9. The molecule has 0 aliphatic heterocycles. The zero-order valence-electron chi connectivity index (χ0n) is 15.8. The van der Waals surface area contributed by atoms with Crippen molar-refractivity contribution in [3.8, 4) is 11.5 Å². The van der Waals surface area contributed by atoms with E-state index >= 15 is 0 Å². The third-order valence-corrected chi connectivity index (χ3v) is 3.19. The molecule has 7 heteroatoms. The molecule has 0 aliphatic carbocycles. The van der Waals surface area contributed by atoms with Crippen molar-refractivity contribution < 1.29 is 28.4 Å². The number of rotatable bonds is 8. The quantitative estimate of drug-likeness (QED) is 0.521. The average Bonchev–Trinajstić information content (AvgIpc) is 2.61. The van der Waals surface area contributed by atoms with Gasteiger partial charge in [-0.2, -0.15) is 0 Å². The van der Waals surface area contributed by atoms with Gasteiger partial charge in [0.05, 0.1) is 23.3 Å². The molecular formula is C20H22BO6. The maximum absolute atomic E-state index is 11.9. The second-order valence-electron chi connectivity index (χ2n) is 6.30. The van der Waals surface area contributed by atoms with Gasteiger partial charge in [-0.25, -0.2) is 9.59 Å². The van der Waals surface area contributed by atoms with Gasteiger partial charge in [0.15, 0.2) is 0 Å². The van der Waals surface area contributed by atoms with Crippen LogP contribution in [0, 0.1) is 0 Å². The van der Waals surface area contributed by atoms with Crippen molar-refractivity contribution in [3.05, 3.63) is 59.7 Å². The van der Waals surface area contributed by atoms with Crippen LogP contribution in [0.1, 0.15) is 48.4 Å². The lowest BCUT2D eigenvalue weighted by molar-refractivity contribution is 0.0367. The SMILES string of the molecule is CC(C)OC(=O)c1cccc(O[B]Oc2cccc(C(=O)OC(C)C)c2)c1. The number of hydrogen-bond donors (Lipinski definition) is 0. The summed E-state index contributed by atoms with van der Waals surface area (Å²) in [7, 11) is 1.12. The largest absolute Gasteiger partial charge is 0.658 e. The van der Waals surface area contributed by atoms with Gasteiger partial charge in [-0.1, -0.05) is 12.1 Å². The number of carbonyl (C=O) groups is 2. The van der Waals surface area contributed by atoms with Crippen LogP contribution in [0.3, 0.4) is 0 Å². The van der Waals surface area contributed by atoms with E-state index in [0.29, 0.717) is 22.6 Å². The van der Waals surface area contributed by atoms with E-state index in [2.05, 4.69) is 0 Å². The van der Waals surface area contributed by atoms with Crippen molar-refractivity contribution in [2.45, 2.75) is 39.9 Å². The molecule has 0 spiro atoms. The summed E-state index contributed by atoms with van der Waals surface area (Å²) in [6, 6.07) is 13.1. The van der Waals surface area contributed by atoms with Gasteiger partial charge in [0.2, 0.25) is 0 Å². The highest BCUT2D eigenvalue weighted by Gasteiger charge is 2.12. The molecule has 0 saturated heterocycles. The van der Waals surface area contributed by atoms with E-state index in [0.717, 1.165) is 7.69 Å². The number of ether oxygens (including phenoxy) is 2. The van der Waals surface area contributed by atoms with Crippen molar-refractivity contribution in [1.82, 2.24) is 0 Å². The lowest BCUT2D eigenvalue weighted by atomic mass is 10.2. The number of esters is 2. The Hall–Kier alpha value is -2.96. The highest BCUT2D eigenvalue weighted by Crippen LogP contribution is 2.17. The van der Waals surface area contributed by atoms with Crippen LogP contribution in [-0.2, 0) is 9.47 Å². The van der Waals surface area contributed by atoms with Crippen LogP contribution in [0.25, 0.3) is 0 Å². The van der Waals surface area contributed by atoms with E-state index in [1.54, 1.807) is 76.2 Å². The van der Waals surface area contributed by atoms with Crippen LogP contribution < -0.4 is 9.31 Å². The van der Waals surface area contributed by atoms with Gasteiger partial charge in [0, 0.05) is 0 Å². The number of carbonyl (C=O) groups excluding carboxylic acids is 2. The minimum Gasteiger partial charge on any atom is -0.526 e. The van der Waals surface area contributed by atoms with E-state index < -0.39 is 11.9 Å². The highest BCUT2D eigenvalue weighted by atomic mass is 16.6. The second kappa shape index (κ2) is 9.66. The van der Waals surface area contributed by atoms with Crippen LogP contribution in [0.4, 0.5) is 0 Å². The molecule has 0 heterocycles. The Morgan fingerprint density at radius 2 is 1.15 bits per heavy atom. The molecule has 6 nitrogen and oxygen atoms in total. The summed E-state index contributed by atoms with van der Waals surface area (Å²) in [6.07, 6.45) is -0.404. The molecule has 0 aromatic heterocycles. The fourth-order valence-electron chi connectivity index (χ4n) is 2.09. The monoisotopic (exact) mass is 369 g/mol. The molecule has 0 atom stereocenters. The van der Waals surface area contributed by atoms with Gasteiger partial charge in [0.25, 0.3) is 0 Å². The van der Waals surface area contributed by atoms with E-state index in [1.807, 2.05) is 0 Å². The van der Waals surface area contributed by atoms with E-state index in [9.17, 15) is 9.59 Å². The van der Waals surface area contributed by atoms with Gasteiger partial charge in [0.1, 0.15) is 11.5 Å². The van der Waals surface area contributed by atoms with Gasteiger partial charge in [-0.05, 0) is 64.1 Å². The topological polar surface area (TPSA) is 71.1 Å². The van der Waals surface area contributed by atoms with Gasteiger partial charge in [-0.3, -0.25) is 0 Å². The zero-order chi connectivity index (χ0) is 19.8. The van der Waals surface area contributed by atoms with Crippen molar-refractivity contribution in [1.29, 1.82) is 0 Å². The molecule has 0 N–H and O–H groups in total. The average molecular weight is 369 g/mol. The number of hydrogen-bond acceptors (Lipinski definition) is 6. The Morgan fingerprint density at radius 3 is 1.52 bits per heavy atom. The minimum absolute atomic E-state index is 0.202. The zero-order valence-corrected chi connectivity index (χ0v) is 15.8. The summed E-state index contributed by atoms with van der Waals surface area (Å²) in [5.74, 6) is -0.00683. The molecule has 2 rings (SSSR count). The Kier molecular flexibility index (Phi) is 7.29. The van der Waals surface area contributed by atoms with Gasteiger partial charge in [-0.15, -0.1) is 0 Å². The Morgan fingerprint density at radius 1 is 0.741 bits per heavy atom. The fraction of sp³-hybridized carbons (Fsp3) is 0.300. The number of benzene rings is 2. The summed E-state index contributed by atoms with van der Waals surface area (Å²) >= 11 is 0. The molecule has 0 bridgehead atoms. The summed E-state index contributed by atoms with van der Waals surface area (Å²) < 4.78 is 21.1. The summed E-state index contributed by atoms with van der Waals surface area (Å²) in [5.41, 5.74) is 0.765. The Balaban J connectivity index is 1.93. The molecule has 0 unspecified atom stereocenters. The molecule has 2 aromatic carbocycles. The van der Waals surface area contributed by atoms with Crippen LogP contribution in [-0.4, -0.2) is 31.8 Å². The van der Waals surface area contributed by atoms with Crippen molar-refractivity contribution in [3.63, 3.8) is 0 Å². The molecule has 0 fully saturated rings. The van der Waals surface area contributed by atoms with E-state index in [4.69, 9.17) is 18.8 Å². The third-order valence-electron chi connectivity index (χ3n) is 3.19. The normalized spacial score (nSPS) is 10.4. The Labute approximate surface area is 159 Å². The first-order chi connectivity index (χ1) is 12.8. The lowest BCUT2D eigenvalue weighted by Crippen LogP contribution is -2.14. The molecule has 0 amide bonds. The molecule has 1 radical (unpaired) electrons. The first-order valence-corrected chi connectivity index (χ1v) is 8.62. The first-order valence-electron chi connectivity index (χ1n) is 8.62. The standard InChI is InChI=1S/C20H22BO6/c1-13(2)24-19(22)15-7-5-9-17(11-15)26-21-27-18-10-6-8-16(12-18)20(23)25-14(3)4/h5-14H,1-4H3. The van der Waals surface area contributed by atoms with Gasteiger partial charge >= 0.3 is 19.6 Å². The molecule has 2 aromatic rings. The summed E-state index contributed by atoms with van der Waals surface area (Å²) in [4.78, 5) is 23.8. The molecule has 0 saturated carbocycles. The van der Waals surface area contributed by atoms with Crippen LogP contribution in [0.2, 0.25) is 0 Å². The predicted molar refractivity (Wildman–Crippen MR) is 101 cm³/mol. The summed E-state index contributed by atoms with van der Waals surface area (Å²) in [6.45, 7) is 7.13. The molecule has 141 valence electrons. The van der Waals surface area contributed by atoms with Crippen molar-refractivity contribution in [2.75, 3.05) is 0 Å².